The molecule has 0 aromatic heterocycles. The van der Waals surface area contributed by atoms with Crippen LogP contribution in [-0.4, -0.2) is 36.4 Å². The summed E-state index contributed by atoms with van der Waals surface area (Å²) in [6.45, 7) is 8.68. The first kappa shape index (κ1) is 24.0. The van der Waals surface area contributed by atoms with Crippen molar-refractivity contribution < 1.29 is 24.2 Å². The van der Waals surface area contributed by atoms with E-state index in [4.69, 9.17) is 9.47 Å². The van der Waals surface area contributed by atoms with Crippen LogP contribution in [0.2, 0.25) is 0 Å². The molecule has 0 saturated heterocycles. The van der Waals surface area contributed by atoms with E-state index in [1.807, 2.05) is 0 Å². The molecular weight excluding hydrogens is 404 g/mol. The zero-order chi connectivity index (χ0) is 23.3. The molecule has 5 nitrogen and oxygen atoms in total. The van der Waals surface area contributed by atoms with Crippen molar-refractivity contribution >= 4 is 11.9 Å². The number of hydrogen-bond acceptors (Lipinski definition) is 5. The molecule has 0 unspecified atom stereocenters. The molecular formula is C27H44O5. The van der Waals surface area contributed by atoms with Gasteiger partial charge < -0.3 is 14.6 Å². The Morgan fingerprint density at radius 3 is 2.53 bits per heavy atom. The summed E-state index contributed by atoms with van der Waals surface area (Å²) in [5.74, 6) is 2.92. The molecule has 10 atom stereocenters. The number of ether oxygens (including phenoxy) is 2. The minimum absolute atomic E-state index is 0.0552. The molecule has 0 spiro atoms. The molecule has 4 saturated carbocycles. The summed E-state index contributed by atoms with van der Waals surface area (Å²) in [5, 5.41) is 11.6. The van der Waals surface area contributed by atoms with Crippen LogP contribution in [0.3, 0.4) is 0 Å². The Morgan fingerprint density at radius 2 is 1.84 bits per heavy atom. The van der Waals surface area contributed by atoms with Crippen LogP contribution in [0.25, 0.3) is 0 Å². The molecule has 0 radical (unpaired) electrons. The predicted octanol–water partition coefficient (Wildman–Crippen LogP) is 5.14. The van der Waals surface area contributed by atoms with E-state index in [1.165, 1.54) is 39.7 Å². The average molecular weight is 449 g/mol. The van der Waals surface area contributed by atoms with Crippen molar-refractivity contribution in [1.29, 1.82) is 0 Å². The Kier molecular flexibility index (Phi) is 6.70. The number of carbonyl (C=O) groups is 2. The van der Waals surface area contributed by atoms with E-state index >= 15 is 0 Å². The highest BCUT2D eigenvalue weighted by Crippen LogP contribution is 2.68. The van der Waals surface area contributed by atoms with Gasteiger partial charge in [-0.1, -0.05) is 20.8 Å². The third-order valence-corrected chi connectivity index (χ3v) is 10.7. The highest BCUT2D eigenvalue weighted by Gasteiger charge is 2.63. The molecule has 4 aliphatic carbocycles. The largest absolute Gasteiger partial charge is 0.469 e. The molecule has 32 heavy (non-hydrogen) atoms. The summed E-state index contributed by atoms with van der Waals surface area (Å²) >= 11 is 0. The van der Waals surface area contributed by atoms with Gasteiger partial charge in [-0.2, -0.15) is 0 Å². The fraction of sp³-hybridized carbons (Fsp3) is 0.926. The Hall–Kier alpha value is -1.10. The molecule has 4 rings (SSSR count). The zero-order valence-corrected chi connectivity index (χ0v) is 20.8. The van der Waals surface area contributed by atoms with Gasteiger partial charge in [0.25, 0.3) is 0 Å². The van der Waals surface area contributed by atoms with Crippen LogP contribution < -0.4 is 0 Å². The maximum absolute atomic E-state index is 11.7. The van der Waals surface area contributed by atoms with Crippen molar-refractivity contribution in [3.8, 4) is 0 Å². The average Bonchev–Trinajstić information content (AvgIpc) is 3.07. The number of methoxy groups -OCH3 is 1. The van der Waals surface area contributed by atoms with Crippen molar-refractivity contribution in [2.45, 2.75) is 104 Å². The molecule has 0 amide bonds. The molecule has 0 aromatic rings. The maximum atomic E-state index is 11.7. The lowest BCUT2D eigenvalue weighted by molar-refractivity contribution is -0.186. The lowest BCUT2D eigenvalue weighted by Crippen LogP contribution is -2.59. The summed E-state index contributed by atoms with van der Waals surface area (Å²) < 4.78 is 10.5. The Bertz CT molecular complexity index is 721. The molecule has 0 aromatic carbocycles. The molecule has 4 fully saturated rings. The van der Waals surface area contributed by atoms with Crippen molar-refractivity contribution in [3.63, 3.8) is 0 Å². The van der Waals surface area contributed by atoms with E-state index in [-0.39, 0.29) is 35.0 Å². The molecule has 5 heteroatoms. The summed E-state index contributed by atoms with van der Waals surface area (Å²) in [4.78, 5) is 23.2. The van der Waals surface area contributed by atoms with Crippen LogP contribution >= 0.6 is 0 Å². The second-order valence-corrected chi connectivity index (χ2v) is 12.1. The Morgan fingerprint density at radius 1 is 1.09 bits per heavy atom. The van der Waals surface area contributed by atoms with E-state index in [0.717, 1.165) is 32.1 Å². The van der Waals surface area contributed by atoms with Gasteiger partial charge in [0.2, 0.25) is 0 Å². The Balaban J connectivity index is 1.50. The van der Waals surface area contributed by atoms with Gasteiger partial charge in [-0.15, -0.1) is 0 Å². The van der Waals surface area contributed by atoms with Gasteiger partial charge >= 0.3 is 11.9 Å². The highest BCUT2D eigenvalue weighted by atomic mass is 16.5. The number of aliphatic hydroxyl groups excluding tert-OH is 1. The molecule has 0 heterocycles. The summed E-state index contributed by atoms with van der Waals surface area (Å²) in [6, 6.07) is 0. The first-order valence-corrected chi connectivity index (χ1v) is 13.0. The van der Waals surface area contributed by atoms with Crippen LogP contribution in [0.1, 0.15) is 91.9 Å². The van der Waals surface area contributed by atoms with Crippen LogP contribution in [0.5, 0.6) is 0 Å². The van der Waals surface area contributed by atoms with E-state index in [1.54, 1.807) is 0 Å². The van der Waals surface area contributed by atoms with E-state index < -0.39 is 0 Å². The van der Waals surface area contributed by atoms with Gasteiger partial charge in [0, 0.05) is 13.3 Å². The summed E-state index contributed by atoms with van der Waals surface area (Å²) in [7, 11) is 1.47. The van der Waals surface area contributed by atoms with Gasteiger partial charge in [-0.25, -0.2) is 0 Å². The minimum atomic E-state index is -0.257. The fourth-order valence-electron chi connectivity index (χ4n) is 9.31. The standard InChI is InChI=1S/C27H44O5/c1-16(6-11-24(30)31-5)21-9-10-22-20-8-7-18-14-19(32-17(2)28)12-13-26(18,3)25(20)23(29)15-27(21,22)4/h16,18-23,25,29H,6-15H2,1-5H3/t16-,18+,19-,20+,21-,22+,23+,25-,26+,27-/m1/s1. The van der Waals surface area contributed by atoms with E-state index in [9.17, 15) is 14.7 Å². The van der Waals surface area contributed by atoms with Crippen LogP contribution in [0.15, 0.2) is 0 Å². The monoisotopic (exact) mass is 448 g/mol. The minimum Gasteiger partial charge on any atom is -0.469 e. The first-order chi connectivity index (χ1) is 15.1. The zero-order valence-electron chi connectivity index (χ0n) is 20.8. The smallest absolute Gasteiger partial charge is 0.305 e. The SMILES string of the molecule is COC(=O)CC[C@@H](C)[C@H]1CC[C@H]2[C@@H]3CC[C@H]4C[C@H](OC(C)=O)CC[C@]4(C)[C@H]3[C@@H](O)C[C@]12C. The lowest BCUT2D eigenvalue weighted by Gasteiger charge is -2.62. The molecule has 0 aliphatic heterocycles. The van der Waals surface area contributed by atoms with Crippen LogP contribution in [-0.2, 0) is 19.1 Å². The fourth-order valence-corrected chi connectivity index (χ4v) is 9.31. The number of hydrogen-bond donors (Lipinski definition) is 1. The number of esters is 2. The van der Waals surface area contributed by atoms with E-state index in [0.29, 0.717) is 41.9 Å². The summed E-state index contributed by atoms with van der Waals surface area (Å²) in [6.07, 6.45) is 9.86. The number of aliphatic hydroxyl groups is 1. The topological polar surface area (TPSA) is 72.8 Å². The van der Waals surface area contributed by atoms with Crippen molar-refractivity contribution in [2.75, 3.05) is 7.11 Å². The lowest BCUT2D eigenvalue weighted by atomic mass is 9.43. The van der Waals surface area contributed by atoms with Crippen molar-refractivity contribution in [1.82, 2.24) is 0 Å². The molecule has 4 aliphatic rings. The predicted molar refractivity (Wildman–Crippen MR) is 123 cm³/mol. The van der Waals surface area contributed by atoms with Gasteiger partial charge in [-0.3, -0.25) is 9.59 Å². The molecule has 0 bridgehead atoms. The van der Waals surface area contributed by atoms with Gasteiger partial charge in [-0.05, 0) is 104 Å². The third-order valence-electron chi connectivity index (χ3n) is 10.7. The van der Waals surface area contributed by atoms with Gasteiger partial charge in [0.05, 0.1) is 13.2 Å². The van der Waals surface area contributed by atoms with Crippen LogP contribution in [0.4, 0.5) is 0 Å². The molecule has 182 valence electrons. The highest BCUT2D eigenvalue weighted by molar-refractivity contribution is 5.69. The van der Waals surface area contributed by atoms with Crippen molar-refractivity contribution in [3.05, 3.63) is 0 Å². The molecule has 1 N–H and O–H groups in total. The van der Waals surface area contributed by atoms with Gasteiger partial charge in [0.15, 0.2) is 0 Å². The third kappa shape index (κ3) is 4.01. The number of carbonyl (C=O) groups excluding carboxylic acids is 2. The van der Waals surface area contributed by atoms with Gasteiger partial charge in [0.1, 0.15) is 6.10 Å². The summed E-state index contributed by atoms with van der Waals surface area (Å²) in [5.41, 5.74) is 0.309. The maximum Gasteiger partial charge on any atom is 0.305 e. The normalized spacial score (nSPS) is 46.4. The van der Waals surface area contributed by atoms with E-state index in [2.05, 4.69) is 20.8 Å². The number of fused-ring (bicyclic) bond motifs is 5. The first-order valence-electron chi connectivity index (χ1n) is 13.0. The Labute approximate surface area is 194 Å². The second-order valence-electron chi connectivity index (χ2n) is 12.1. The quantitative estimate of drug-likeness (QED) is 0.590. The van der Waals surface area contributed by atoms with Crippen LogP contribution in [0, 0.1) is 46.3 Å². The number of rotatable bonds is 5. The second kappa shape index (κ2) is 8.92. The van der Waals surface area contributed by atoms with Crippen molar-refractivity contribution in [2.24, 2.45) is 46.3 Å².